The van der Waals surface area contributed by atoms with Crippen molar-refractivity contribution < 1.29 is 18.7 Å². The second-order valence-electron chi connectivity index (χ2n) is 7.74. The summed E-state index contributed by atoms with van der Waals surface area (Å²) < 4.78 is 26.1. The molecular weight excluding hydrogens is 476 g/mol. The topological polar surface area (TPSA) is 109 Å². The molecule has 1 aliphatic rings. The Balaban J connectivity index is 0.000000308. The van der Waals surface area contributed by atoms with Crippen LogP contribution in [0.15, 0.2) is 54.2 Å². The summed E-state index contributed by atoms with van der Waals surface area (Å²) in [6.45, 7) is -0.365. The Labute approximate surface area is 204 Å². The minimum Gasteiger partial charge on any atom is -0.383 e. The first-order valence-electron chi connectivity index (χ1n) is 10.7. The van der Waals surface area contributed by atoms with Gasteiger partial charge in [-0.2, -0.15) is 13.9 Å². The van der Waals surface area contributed by atoms with Gasteiger partial charge in [0.2, 0.25) is 5.95 Å². The molecule has 1 atom stereocenters. The predicted octanol–water partition coefficient (Wildman–Crippen LogP) is 4.12. The van der Waals surface area contributed by atoms with E-state index >= 15 is 0 Å². The van der Waals surface area contributed by atoms with Crippen LogP contribution in [0.4, 0.5) is 20.4 Å². The average molecular weight is 500 g/mol. The number of carbonyl (C=O) groups is 1. The lowest BCUT2D eigenvalue weighted by molar-refractivity contribution is -0.133. The van der Waals surface area contributed by atoms with Gasteiger partial charge >= 0.3 is 6.55 Å². The molecule has 1 aliphatic heterocycles. The van der Waals surface area contributed by atoms with Gasteiger partial charge in [-0.25, -0.2) is 19.6 Å². The molecule has 0 spiro atoms. The second kappa shape index (κ2) is 10.7. The number of likely N-dealkylation sites (N-methyl/N-ethyl adjacent to an activating group) is 1. The molecule has 3 aromatic heterocycles. The Kier molecular flexibility index (Phi) is 7.42. The number of amides is 1. The molecule has 0 radical (unpaired) electrons. The van der Waals surface area contributed by atoms with Crippen molar-refractivity contribution in [1.82, 2.24) is 29.6 Å². The summed E-state index contributed by atoms with van der Waals surface area (Å²) in [6.07, 6.45) is 2.70. The van der Waals surface area contributed by atoms with Gasteiger partial charge in [0.15, 0.2) is 0 Å². The van der Waals surface area contributed by atoms with E-state index in [2.05, 4.69) is 25.4 Å². The van der Waals surface area contributed by atoms with Crippen molar-refractivity contribution in [1.29, 1.82) is 0 Å². The van der Waals surface area contributed by atoms with Crippen LogP contribution < -0.4 is 5.32 Å². The van der Waals surface area contributed by atoms with E-state index < -0.39 is 12.7 Å². The van der Waals surface area contributed by atoms with Crippen LogP contribution in [-0.2, 0) is 4.79 Å². The highest BCUT2D eigenvalue weighted by molar-refractivity contribution is 7.13. The van der Waals surface area contributed by atoms with Crippen LogP contribution in [-0.4, -0.2) is 60.3 Å². The number of rotatable bonds is 5. The average Bonchev–Trinajstić information content (AvgIpc) is 3.57. The Hall–Kier alpha value is -3.77. The van der Waals surface area contributed by atoms with Crippen molar-refractivity contribution >= 4 is 28.9 Å². The van der Waals surface area contributed by atoms with Crippen LogP contribution in [0, 0.1) is 6.92 Å². The van der Waals surface area contributed by atoms with Crippen molar-refractivity contribution in [2.75, 3.05) is 18.9 Å². The third-order valence-electron chi connectivity index (χ3n) is 5.21. The number of halogens is 2. The lowest BCUT2D eigenvalue weighted by atomic mass is 10.2. The summed E-state index contributed by atoms with van der Waals surface area (Å²) in [7, 11) is 1.69. The molecule has 5 rings (SSSR count). The van der Waals surface area contributed by atoms with Crippen molar-refractivity contribution in [3.8, 4) is 22.0 Å². The number of aliphatic hydroxyl groups excluding tert-OH is 1. The summed E-state index contributed by atoms with van der Waals surface area (Å²) in [5.41, 5.74) is 3.27. The third-order valence-corrected chi connectivity index (χ3v) is 6.10. The van der Waals surface area contributed by atoms with E-state index in [1.807, 2.05) is 35.7 Å². The molecule has 9 nitrogen and oxygen atoms in total. The molecule has 1 aromatic carbocycles. The van der Waals surface area contributed by atoms with Crippen LogP contribution >= 0.6 is 11.3 Å². The fourth-order valence-corrected chi connectivity index (χ4v) is 4.12. The van der Waals surface area contributed by atoms with Crippen LogP contribution in [0.1, 0.15) is 18.7 Å². The van der Waals surface area contributed by atoms with Gasteiger partial charge in [-0.1, -0.05) is 30.3 Å². The smallest absolute Gasteiger partial charge is 0.333 e. The first-order valence-corrected chi connectivity index (χ1v) is 11.6. The number of aromatic nitrogens is 5. The van der Waals surface area contributed by atoms with E-state index in [0.29, 0.717) is 40.7 Å². The summed E-state index contributed by atoms with van der Waals surface area (Å²) in [4.78, 5) is 25.3. The number of nitrogens with zero attached hydrogens (tertiary/aromatic N) is 6. The number of aliphatic hydroxyl groups is 1. The zero-order chi connectivity index (χ0) is 24.9. The predicted molar refractivity (Wildman–Crippen MR) is 128 cm³/mol. The summed E-state index contributed by atoms with van der Waals surface area (Å²) in [6, 6.07) is 11.6. The van der Waals surface area contributed by atoms with Gasteiger partial charge in [0.25, 0.3) is 5.91 Å². The van der Waals surface area contributed by atoms with E-state index in [4.69, 9.17) is 5.11 Å². The molecule has 1 saturated heterocycles. The van der Waals surface area contributed by atoms with Gasteiger partial charge < -0.3 is 15.3 Å². The van der Waals surface area contributed by atoms with E-state index in [1.54, 1.807) is 26.2 Å². The summed E-state index contributed by atoms with van der Waals surface area (Å²) in [5, 5.41) is 18.3. The van der Waals surface area contributed by atoms with Gasteiger partial charge in [0, 0.05) is 30.7 Å². The highest BCUT2D eigenvalue weighted by Crippen LogP contribution is 2.28. The minimum atomic E-state index is -2.70. The fourth-order valence-electron chi connectivity index (χ4n) is 3.30. The minimum absolute atomic E-state index is 0.148. The molecule has 1 unspecified atom stereocenters. The van der Waals surface area contributed by atoms with Gasteiger partial charge in [-0.3, -0.25) is 4.79 Å². The Morgan fingerprint density at radius 3 is 2.54 bits per heavy atom. The normalized spacial score (nSPS) is 15.3. The molecule has 1 amide bonds. The Morgan fingerprint density at radius 2 is 1.94 bits per heavy atom. The largest absolute Gasteiger partial charge is 0.383 e. The van der Waals surface area contributed by atoms with Crippen LogP contribution in [0.25, 0.3) is 22.0 Å². The monoisotopic (exact) mass is 499 g/mol. The first-order chi connectivity index (χ1) is 16.8. The molecule has 35 heavy (non-hydrogen) atoms. The van der Waals surface area contributed by atoms with Crippen molar-refractivity contribution in [2.24, 2.45) is 0 Å². The summed E-state index contributed by atoms with van der Waals surface area (Å²) in [5.74, 6) is 0.142. The molecule has 0 aliphatic carbocycles. The zero-order valence-corrected chi connectivity index (χ0v) is 19.8. The number of nitrogens with one attached hydrogen (secondary N) is 1. The zero-order valence-electron chi connectivity index (χ0n) is 19.0. The molecule has 0 bridgehead atoms. The van der Waals surface area contributed by atoms with E-state index in [0.717, 1.165) is 16.3 Å². The highest BCUT2D eigenvalue weighted by atomic mass is 32.1. The SMILES string of the molecule is CN1CCC(O)C1=O.Cc1nn(C(F)F)cc1Nc1nccc(-c2csc(-c3ccccc3)n2)n1. The van der Waals surface area contributed by atoms with E-state index in [1.165, 1.54) is 22.4 Å². The Bertz CT molecular complexity index is 1280. The second-order valence-corrected chi connectivity index (χ2v) is 8.60. The standard InChI is InChI=1S/C18H14F2N6S.C5H9NO2/c1-11-14(9-26(25-11)17(19)20)24-18-21-8-7-13(23-18)15-10-27-16(22-15)12-5-3-2-4-6-12;1-6-3-2-4(7)5(6)8/h2-10,17H,1H3,(H,21,23,24);4,7H,2-3H2,1H3. The van der Waals surface area contributed by atoms with Gasteiger partial charge in [-0.15, -0.1) is 11.3 Å². The lowest BCUT2D eigenvalue weighted by Crippen LogP contribution is -2.24. The first kappa shape index (κ1) is 24.4. The van der Waals surface area contributed by atoms with E-state index in [-0.39, 0.29) is 5.91 Å². The van der Waals surface area contributed by atoms with Crippen LogP contribution in [0.3, 0.4) is 0 Å². The van der Waals surface area contributed by atoms with Crippen LogP contribution in [0.2, 0.25) is 0 Å². The number of likely N-dealkylation sites (tertiary alicyclic amines) is 1. The molecule has 182 valence electrons. The van der Waals surface area contributed by atoms with E-state index in [9.17, 15) is 13.6 Å². The maximum atomic E-state index is 12.8. The molecule has 1 fully saturated rings. The number of anilines is 2. The number of carbonyl (C=O) groups excluding carboxylic acids is 1. The lowest BCUT2D eigenvalue weighted by Gasteiger charge is -2.04. The number of hydrogen-bond donors (Lipinski definition) is 2. The van der Waals surface area contributed by atoms with Crippen molar-refractivity contribution in [2.45, 2.75) is 26.0 Å². The number of alkyl halides is 2. The molecule has 4 aromatic rings. The van der Waals surface area contributed by atoms with Crippen molar-refractivity contribution in [3.05, 3.63) is 59.9 Å². The highest BCUT2D eigenvalue weighted by Gasteiger charge is 2.26. The number of thiazole rings is 1. The maximum absolute atomic E-state index is 12.8. The third kappa shape index (κ3) is 5.84. The van der Waals surface area contributed by atoms with Crippen molar-refractivity contribution in [3.63, 3.8) is 0 Å². The quantitative estimate of drug-likeness (QED) is 0.425. The molecule has 0 saturated carbocycles. The molecule has 4 heterocycles. The van der Waals surface area contributed by atoms with Gasteiger partial charge in [0.1, 0.15) is 16.8 Å². The maximum Gasteiger partial charge on any atom is 0.333 e. The number of benzene rings is 1. The fraction of sp³-hybridized carbons (Fsp3) is 0.261. The molecular formula is C23H23F2N7O2S. The molecule has 12 heteroatoms. The number of hydrogen-bond acceptors (Lipinski definition) is 8. The molecule has 2 N–H and O–H groups in total. The number of aryl methyl sites for hydroxylation is 1. The summed E-state index contributed by atoms with van der Waals surface area (Å²) >= 11 is 1.53. The van der Waals surface area contributed by atoms with Gasteiger partial charge in [0.05, 0.1) is 23.3 Å². The van der Waals surface area contributed by atoms with Gasteiger partial charge in [-0.05, 0) is 19.4 Å². The van der Waals surface area contributed by atoms with Crippen LogP contribution in [0.5, 0.6) is 0 Å². The Morgan fingerprint density at radius 1 is 1.17 bits per heavy atom.